The number of nitrogens with two attached hydrogens (primary N) is 1. The maximum atomic E-state index is 12.2. The monoisotopic (exact) mass is 237 g/mol. The molecular formula is C13H16ClNO. The maximum Gasteiger partial charge on any atom is 0.167 e. The van der Waals surface area contributed by atoms with Crippen LogP contribution < -0.4 is 5.73 Å². The molecule has 0 amide bonds. The first-order valence-electron chi connectivity index (χ1n) is 5.77. The van der Waals surface area contributed by atoms with Crippen molar-refractivity contribution < 1.29 is 4.79 Å². The van der Waals surface area contributed by atoms with Crippen LogP contribution in [0.2, 0.25) is 5.02 Å². The number of hydrogen-bond donors (Lipinski definition) is 1. The summed E-state index contributed by atoms with van der Waals surface area (Å²) in [6.45, 7) is 0. The fourth-order valence-corrected chi connectivity index (χ4v) is 2.60. The Morgan fingerprint density at radius 1 is 1.25 bits per heavy atom. The smallest absolute Gasteiger partial charge is 0.167 e. The predicted octanol–water partition coefficient (Wildman–Crippen LogP) is 3.69. The Bertz CT molecular complexity index is 397. The molecule has 0 radical (unpaired) electrons. The molecule has 0 atom stereocenters. The van der Waals surface area contributed by atoms with Gasteiger partial charge in [-0.2, -0.15) is 0 Å². The highest BCUT2D eigenvalue weighted by Crippen LogP contribution is 2.29. The molecular weight excluding hydrogens is 222 g/mol. The molecule has 1 aliphatic rings. The zero-order chi connectivity index (χ0) is 11.5. The summed E-state index contributed by atoms with van der Waals surface area (Å²) in [5, 5.41) is 0.482. The van der Waals surface area contributed by atoms with Gasteiger partial charge in [0.15, 0.2) is 5.78 Å². The molecule has 2 nitrogen and oxygen atoms in total. The molecule has 2 N–H and O–H groups in total. The molecule has 0 heterocycles. The van der Waals surface area contributed by atoms with E-state index in [-0.39, 0.29) is 11.7 Å². The van der Waals surface area contributed by atoms with Gasteiger partial charge in [-0.25, -0.2) is 0 Å². The fourth-order valence-electron chi connectivity index (χ4n) is 2.32. The molecule has 1 fully saturated rings. The Morgan fingerprint density at radius 3 is 2.56 bits per heavy atom. The molecule has 86 valence electrons. The minimum absolute atomic E-state index is 0.162. The minimum Gasteiger partial charge on any atom is -0.399 e. The maximum absolute atomic E-state index is 12.2. The van der Waals surface area contributed by atoms with Crippen molar-refractivity contribution in [1.29, 1.82) is 0 Å². The van der Waals surface area contributed by atoms with Crippen LogP contribution in [0.15, 0.2) is 18.2 Å². The number of ketones is 1. The zero-order valence-corrected chi connectivity index (χ0v) is 9.96. The molecule has 0 aliphatic heterocycles. The molecule has 0 bridgehead atoms. The van der Waals surface area contributed by atoms with E-state index in [2.05, 4.69) is 0 Å². The number of benzene rings is 1. The molecule has 0 unspecified atom stereocenters. The second-order valence-electron chi connectivity index (χ2n) is 4.44. The number of rotatable bonds is 2. The average Bonchev–Trinajstić information content (AvgIpc) is 2.29. The SMILES string of the molecule is Nc1ccc(C(=O)C2CCCCC2)c(Cl)c1. The van der Waals surface area contributed by atoms with E-state index in [1.165, 1.54) is 6.42 Å². The predicted molar refractivity (Wildman–Crippen MR) is 66.8 cm³/mol. The van der Waals surface area contributed by atoms with Gasteiger partial charge in [-0.15, -0.1) is 0 Å². The first-order valence-corrected chi connectivity index (χ1v) is 6.15. The van der Waals surface area contributed by atoms with E-state index in [4.69, 9.17) is 17.3 Å². The summed E-state index contributed by atoms with van der Waals surface area (Å²) < 4.78 is 0. The molecule has 3 heteroatoms. The second kappa shape index (κ2) is 4.88. The minimum atomic E-state index is 0.162. The van der Waals surface area contributed by atoms with Crippen LogP contribution in [0.3, 0.4) is 0 Å². The van der Waals surface area contributed by atoms with Crippen molar-refractivity contribution in [3.05, 3.63) is 28.8 Å². The summed E-state index contributed by atoms with van der Waals surface area (Å²) in [6, 6.07) is 5.13. The van der Waals surface area contributed by atoms with Crippen LogP contribution in [0, 0.1) is 5.92 Å². The van der Waals surface area contributed by atoms with E-state index < -0.39 is 0 Å². The van der Waals surface area contributed by atoms with Gasteiger partial charge < -0.3 is 5.73 Å². The quantitative estimate of drug-likeness (QED) is 0.630. The lowest BCUT2D eigenvalue weighted by molar-refractivity contribution is 0.0890. The van der Waals surface area contributed by atoms with E-state index in [1.807, 2.05) is 0 Å². The van der Waals surface area contributed by atoms with Crippen LogP contribution in [0.4, 0.5) is 5.69 Å². The first-order chi connectivity index (χ1) is 7.68. The van der Waals surface area contributed by atoms with E-state index in [0.717, 1.165) is 25.7 Å². The topological polar surface area (TPSA) is 43.1 Å². The number of Topliss-reactive ketones (excluding diaryl/α,β-unsaturated/α-hetero) is 1. The molecule has 16 heavy (non-hydrogen) atoms. The zero-order valence-electron chi connectivity index (χ0n) is 9.21. The van der Waals surface area contributed by atoms with E-state index in [0.29, 0.717) is 16.3 Å². The highest BCUT2D eigenvalue weighted by Gasteiger charge is 2.23. The number of carbonyl (C=O) groups excluding carboxylic acids is 1. The van der Waals surface area contributed by atoms with Crippen molar-refractivity contribution in [1.82, 2.24) is 0 Å². The van der Waals surface area contributed by atoms with Crippen molar-refractivity contribution in [2.75, 3.05) is 5.73 Å². The van der Waals surface area contributed by atoms with E-state index in [9.17, 15) is 4.79 Å². The van der Waals surface area contributed by atoms with Crippen LogP contribution >= 0.6 is 11.6 Å². The molecule has 1 aromatic rings. The second-order valence-corrected chi connectivity index (χ2v) is 4.85. The molecule has 0 saturated heterocycles. The summed E-state index contributed by atoms with van der Waals surface area (Å²) in [4.78, 5) is 12.2. The Kier molecular flexibility index (Phi) is 3.49. The van der Waals surface area contributed by atoms with Gasteiger partial charge in [0.1, 0.15) is 0 Å². The van der Waals surface area contributed by atoms with Crippen LogP contribution in [0.1, 0.15) is 42.5 Å². The molecule has 2 rings (SSSR count). The molecule has 1 aromatic carbocycles. The van der Waals surface area contributed by atoms with Crippen molar-refractivity contribution in [3.8, 4) is 0 Å². The Hall–Kier alpha value is -1.02. The van der Waals surface area contributed by atoms with Gasteiger partial charge in [0.2, 0.25) is 0 Å². The Balaban J connectivity index is 2.19. The van der Waals surface area contributed by atoms with Crippen LogP contribution in [-0.4, -0.2) is 5.78 Å². The van der Waals surface area contributed by atoms with Gasteiger partial charge in [-0.1, -0.05) is 30.9 Å². The average molecular weight is 238 g/mol. The van der Waals surface area contributed by atoms with Gasteiger partial charge in [-0.3, -0.25) is 4.79 Å². The number of halogens is 1. The number of nitrogen functional groups attached to an aromatic ring is 1. The standard InChI is InChI=1S/C13H16ClNO/c14-12-8-10(15)6-7-11(12)13(16)9-4-2-1-3-5-9/h6-9H,1-5,15H2. The van der Waals surface area contributed by atoms with Crippen molar-refractivity contribution >= 4 is 23.1 Å². The normalized spacial score (nSPS) is 17.3. The summed E-state index contributed by atoms with van der Waals surface area (Å²) in [5.74, 6) is 0.347. The van der Waals surface area contributed by atoms with Gasteiger partial charge in [0.25, 0.3) is 0 Å². The van der Waals surface area contributed by atoms with Crippen LogP contribution in [0.5, 0.6) is 0 Å². The fraction of sp³-hybridized carbons (Fsp3) is 0.462. The Morgan fingerprint density at radius 2 is 1.94 bits per heavy atom. The lowest BCUT2D eigenvalue weighted by atomic mass is 9.84. The van der Waals surface area contributed by atoms with Crippen LogP contribution in [0.25, 0.3) is 0 Å². The first kappa shape index (κ1) is 11.5. The lowest BCUT2D eigenvalue weighted by Gasteiger charge is -2.20. The van der Waals surface area contributed by atoms with Gasteiger partial charge >= 0.3 is 0 Å². The van der Waals surface area contributed by atoms with Crippen molar-refractivity contribution in [2.24, 2.45) is 5.92 Å². The Labute approximate surface area is 101 Å². The van der Waals surface area contributed by atoms with Crippen LogP contribution in [-0.2, 0) is 0 Å². The molecule has 1 aliphatic carbocycles. The largest absolute Gasteiger partial charge is 0.399 e. The number of hydrogen-bond acceptors (Lipinski definition) is 2. The van der Waals surface area contributed by atoms with Gasteiger partial charge in [-0.05, 0) is 31.0 Å². The number of carbonyl (C=O) groups is 1. The van der Waals surface area contributed by atoms with E-state index >= 15 is 0 Å². The van der Waals surface area contributed by atoms with Gasteiger partial charge in [0, 0.05) is 17.2 Å². The highest BCUT2D eigenvalue weighted by molar-refractivity contribution is 6.34. The molecule has 1 saturated carbocycles. The summed E-state index contributed by atoms with van der Waals surface area (Å²) in [5.41, 5.74) is 6.84. The third-order valence-electron chi connectivity index (χ3n) is 3.23. The summed E-state index contributed by atoms with van der Waals surface area (Å²) >= 11 is 6.04. The highest BCUT2D eigenvalue weighted by atomic mass is 35.5. The van der Waals surface area contributed by atoms with Crippen molar-refractivity contribution in [3.63, 3.8) is 0 Å². The summed E-state index contributed by atoms with van der Waals surface area (Å²) in [6.07, 6.45) is 5.56. The lowest BCUT2D eigenvalue weighted by Crippen LogP contribution is -2.18. The molecule has 0 aromatic heterocycles. The number of anilines is 1. The third-order valence-corrected chi connectivity index (χ3v) is 3.55. The van der Waals surface area contributed by atoms with E-state index in [1.54, 1.807) is 18.2 Å². The van der Waals surface area contributed by atoms with Crippen molar-refractivity contribution in [2.45, 2.75) is 32.1 Å². The third kappa shape index (κ3) is 2.38. The summed E-state index contributed by atoms with van der Waals surface area (Å²) in [7, 11) is 0. The molecule has 0 spiro atoms. The van der Waals surface area contributed by atoms with Gasteiger partial charge in [0.05, 0.1) is 5.02 Å².